The number of nitrogens with zero attached hydrogens (tertiary/aromatic N) is 1. The van der Waals surface area contributed by atoms with Gasteiger partial charge in [0.15, 0.2) is 0 Å². The molecule has 0 aromatic rings. The van der Waals surface area contributed by atoms with E-state index in [1.807, 2.05) is 11.9 Å². The molecular weight excluding hydrogens is 230 g/mol. The molecule has 0 aromatic heterocycles. The Morgan fingerprint density at radius 3 is 2.50 bits per heavy atom. The predicted molar refractivity (Wildman–Crippen MR) is 70.2 cm³/mol. The van der Waals surface area contributed by atoms with Crippen molar-refractivity contribution in [2.45, 2.75) is 45.4 Å². The number of carbonyl (C=O) groups is 2. The third-order valence-corrected chi connectivity index (χ3v) is 3.53. The first-order chi connectivity index (χ1) is 8.54. The van der Waals surface area contributed by atoms with Crippen LogP contribution in [0.25, 0.3) is 0 Å². The highest BCUT2D eigenvalue weighted by Gasteiger charge is 2.25. The SMILES string of the molecule is CCCCN(C)C(=O)C1CCC(=CC(=O)O)CC1. The lowest BCUT2D eigenvalue weighted by molar-refractivity contribution is -0.135. The number of amides is 1. The molecule has 0 radical (unpaired) electrons. The molecule has 18 heavy (non-hydrogen) atoms. The number of allylic oxidation sites excluding steroid dienone is 1. The van der Waals surface area contributed by atoms with Gasteiger partial charge in [-0.2, -0.15) is 0 Å². The van der Waals surface area contributed by atoms with E-state index in [-0.39, 0.29) is 11.8 Å². The van der Waals surface area contributed by atoms with Gasteiger partial charge in [-0.05, 0) is 32.1 Å². The molecule has 0 aliphatic heterocycles. The summed E-state index contributed by atoms with van der Waals surface area (Å²) in [5.41, 5.74) is 0.961. The van der Waals surface area contributed by atoms with Crippen LogP contribution in [0.4, 0.5) is 0 Å². The van der Waals surface area contributed by atoms with Crippen LogP contribution in [0.1, 0.15) is 45.4 Å². The standard InChI is InChI=1S/C14H23NO3/c1-3-4-9-15(2)14(18)12-7-5-11(6-8-12)10-13(16)17/h10,12H,3-9H2,1-2H3,(H,16,17). The van der Waals surface area contributed by atoms with Gasteiger partial charge in [-0.15, -0.1) is 0 Å². The van der Waals surface area contributed by atoms with Crippen LogP contribution in [-0.2, 0) is 9.59 Å². The van der Waals surface area contributed by atoms with Crippen LogP contribution in [0.15, 0.2) is 11.6 Å². The number of carboxylic acids is 1. The van der Waals surface area contributed by atoms with Crippen molar-refractivity contribution in [3.05, 3.63) is 11.6 Å². The molecule has 0 unspecified atom stereocenters. The Labute approximate surface area is 109 Å². The lowest BCUT2D eigenvalue weighted by Gasteiger charge is -2.27. The van der Waals surface area contributed by atoms with Gasteiger partial charge in [0, 0.05) is 25.6 Å². The lowest BCUT2D eigenvalue weighted by atomic mass is 9.85. The minimum Gasteiger partial charge on any atom is -0.478 e. The van der Waals surface area contributed by atoms with Crippen molar-refractivity contribution in [3.63, 3.8) is 0 Å². The molecule has 1 saturated carbocycles. The first-order valence-electron chi connectivity index (χ1n) is 6.72. The zero-order valence-corrected chi connectivity index (χ0v) is 11.3. The summed E-state index contributed by atoms with van der Waals surface area (Å²) in [6.07, 6.45) is 6.48. The zero-order chi connectivity index (χ0) is 13.5. The maximum Gasteiger partial charge on any atom is 0.328 e. The Kier molecular flexibility index (Phi) is 5.89. The van der Waals surface area contributed by atoms with Gasteiger partial charge in [-0.25, -0.2) is 4.79 Å². The van der Waals surface area contributed by atoms with Crippen molar-refractivity contribution >= 4 is 11.9 Å². The van der Waals surface area contributed by atoms with Gasteiger partial charge in [-0.1, -0.05) is 18.9 Å². The third-order valence-electron chi connectivity index (χ3n) is 3.53. The highest BCUT2D eigenvalue weighted by molar-refractivity contribution is 5.81. The normalized spacial score (nSPS) is 19.4. The quantitative estimate of drug-likeness (QED) is 0.766. The monoisotopic (exact) mass is 253 g/mol. The van der Waals surface area contributed by atoms with Crippen LogP contribution in [0, 0.1) is 5.92 Å². The molecule has 1 aliphatic rings. The zero-order valence-electron chi connectivity index (χ0n) is 11.3. The summed E-state index contributed by atoms with van der Waals surface area (Å²) in [7, 11) is 1.86. The summed E-state index contributed by atoms with van der Waals surface area (Å²) < 4.78 is 0. The van der Waals surface area contributed by atoms with Crippen molar-refractivity contribution in [1.29, 1.82) is 0 Å². The summed E-state index contributed by atoms with van der Waals surface area (Å²) in [6, 6.07) is 0. The highest BCUT2D eigenvalue weighted by atomic mass is 16.4. The summed E-state index contributed by atoms with van der Waals surface area (Å²) >= 11 is 0. The number of carbonyl (C=O) groups excluding carboxylic acids is 1. The fourth-order valence-corrected chi connectivity index (χ4v) is 2.37. The molecule has 1 rings (SSSR count). The van der Waals surface area contributed by atoms with Crippen LogP contribution in [0.2, 0.25) is 0 Å². The van der Waals surface area contributed by atoms with E-state index in [0.29, 0.717) is 0 Å². The van der Waals surface area contributed by atoms with Crippen molar-refractivity contribution in [1.82, 2.24) is 4.90 Å². The van der Waals surface area contributed by atoms with E-state index in [1.165, 1.54) is 6.08 Å². The van der Waals surface area contributed by atoms with E-state index in [4.69, 9.17) is 5.11 Å². The van der Waals surface area contributed by atoms with E-state index in [9.17, 15) is 9.59 Å². The van der Waals surface area contributed by atoms with E-state index < -0.39 is 5.97 Å². The molecular formula is C14H23NO3. The predicted octanol–water partition coefficient (Wildman–Crippen LogP) is 2.45. The second-order valence-corrected chi connectivity index (χ2v) is 5.03. The van der Waals surface area contributed by atoms with Gasteiger partial charge in [-0.3, -0.25) is 4.79 Å². The molecule has 4 heteroatoms. The molecule has 0 aromatic carbocycles. The summed E-state index contributed by atoms with van der Waals surface area (Å²) in [5.74, 6) is -0.578. The summed E-state index contributed by atoms with van der Waals surface area (Å²) in [5, 5.41) is 8.67. The molecule has 0 saturated heterocycles. The van der Waals surface area contributed by atoms with Gasteiger partial charge in [0.1, 0.15) is 0 Å². The Bertz CT molecular complexity index is 326. The fraction of sp³-hybridized carbons (Fsp3) is 0.714. The number of unbranched alkanes of at least 4 members (excludes halogenated alkanes) is 1. The maximum absolute atomic E-state index is 12.1. The number of rotatable bonds is 5. The average Bonchev–Trinajstić information content (AvgIpc) is 2.35. The van der Waals surface area contributed by atoms with Crippen LogP contribution < -0.4 is 0 Å². The molecule has 1 aliphatic carbocycles. The van der Waals surface area contributed by atoms with Crippen LogP contribution >= 0.6 is 0 Å². The van der Waals surface area contributed by atoms with Crippen LogP contribution in [-0.4, -0.2) is 35.5 Å². The van der Waals surface area contributed by atoms with Crippen molar-refractivity contribution in [2.75, 3.05) is 13.6 Å². The smallest absolute Gasteiger partial charge is 0.328 e. The average molecular weight is 253 g/mol. The minimum atomic E-state index is -0.880. The van der Waals surface area contributed by atoms with Gasteiger partial charge < -0.3 is 10.0 Å². The Morgan fingerprint density at radius 2 is 2.00 bits per heavy atom. The molecule has 102 valence electrons. The van der Waals surface area contributed by atoms with Crippen LogP contribution in [0.5, 0.6) is 0 Å². The second-order valence-electron chi connectivity index (χ2n) is 5.03. The molecule has 0 bridgehead atoms. The molecule has 0 atom stereocenters. The maximum atomic E-state index is 12.1. The Balaban J connectivity index is 2.42. The molecule has 1 N–H and O–H groups in total. The largest absolute Gasteiger partial charge is 0.478 e. The van der Waals surface area contributed by atoms with Gasteiger partial charge >= 0.3 is 5.97 Å². The Hall–Kier alpha value is -1.32. The fourth-order valence-electron chi connectivity index (χ4n) is 2.37. The van der Waals surface area contributed by atoms with Crippen LogP contribution in [0.3, 0.4) is 0 Å². The Morgan fingerprint density at radius 1 is 1.39 bits per heavy atom. The third kappa shape index (κ3) is 4.51. The molecule has 4 nitrogen and oxygen atoms in total. The molecule has 1 amide bonds. The number of carboxylic acid groups (broad SMARTS) is 1. The number of hydrogen-bond acceptors (Lipinski definition) is 2. The minimum absolute atomic E-state index is 0.0813. The summed E-state index contributed by atoms with van der Waals surface area (Å²) in [6.45, 7) is 2.94. The van der Waals surface area contributed by atoms with Crippen molar-refractivity contribution in [2.24, 2.45) is 5.92 Å². The molecule has 1 fully saturated rings. The lowest BCUT2D eigenvalue weighted by Crippen LogP contribution is -2.34. The van der Waals surface area contributed by atoms with E-state index in [0.717, 1.165) is 50.6 Å². The topological polar surface area (TPSA) is 57.6 Å². The highest BCUT2D eigenvalue weighted by Crippen LogP contribution is 2.29. The van der Waals surface area contributed by atoms with E-state index in [1.54, 1.807) is 0 Å². The van der Waals surface area contributed by atoms with Crippen molar-refractivity contribution in [3.8, 4) is 0 Å². The molecule has 0 heterocycles. The van der Waals surface area contributed by atoms with E-state index in [2.05, 4.69) is 6.92 Å². The first-order valence-corrected chi connectivity index (χ1v) is 6.72. The first kappa shape index (κ1) is 14.7. The number of hydrogen-bond donors (Lipinski definition) is 1. The number of aliphatic carboxylic acids is 1. The van der Waals surface area contributed by atoms with E-state index >= 15 is 0 Å². The van der Waals surface area contributed by atoms with Gasteiger partial charge in [0.2, 0.25) is 5.91 Å². The summed E-state index contributed by atoms with van der Waals surface area (Å²) in [4.78, 5) is 24.5. The second kappa shape index (κ2) is 7.19. The molecule has 0 spiro atoms. The van der Waals surface area contributed by atoms with Gasteiger partial charge in [0.05, 0.1) is 0 Å². The van der Waals surface area contributed by atoms with Gasteiger partial charge in [0.25, 0.3) is 0 Å². The van der Waals surface area contributed by atoms with Crippen molar-refractivity contribution < 1.29 is 14.7 Å².